The average molecular weight is 244 g/mol. The molecule has 2 heterocycles. The molecule has 0 fully saturated rings. The molecule has 0 aliphatic carbocycles. The third-order valence-electron chi connectivity index (χ3n) is 3.04. The van der Waals surface area contributed by atoms with Gasteiger partial charge in [0, 0.05) is 12.6 Å². The second kappa shape index (κ2) is 3.89. The van der Waals surface area contributed by atoms with E-state index in [1.807, 2.05) is 42.8 Å². The van der Waals surface area contributed by atoms with E-state index in [0.29, 0.717) is 0 Å². The highest BCUT2D eigenvalue weighted by molar-refractivity contribution is 7.08. The Morgan fingerprint density at radius 1 is 1.29 bits per heavy atom. The number of hydrogen-bond donors (Lipinski definition) is 1. The summed E-state index contributed by atoms with van der Waals surface area (Å²) in [6.45, 7) is 0. The lowest BCUT2D eigenvalue weighted by Gasteiger charge is -2.35. The highest BCUT2D eigenvalue weighted by Crippen LogP contribution is 2.31. The van der Waals surface area contributed by atoms with Crippen LogP contribution in [0, 0.1) is 0 Å². The van der Waals surface area contributed by atoms with Crippen molar-refractivity contribution in [2.45, 2.75) is 6.17 Å². The zero-order valence-corrected chi connectivity index (χ0v) is 10.2. The van der Waals surface area contributed by atoms with Crippen LogP contribution in [0.15, 0.2) is 41.1 Å². The van der Waals surface area contributed by atoms with Gasteiger partial charge in [-0.1, -0.05) is 12.1 Å². The van der Waals surface area contributed by atoms with E-state index in [1.165, 1.54) is 0 Å². The van der Waals surface area contributed by atoms with Crippen molar-refractivity contribution < 1.29 is 4.79 Å². The summed E-state index contributed by atoms with van der Waals surface area (Å²) in [4.78, 5) is 14.1. The van der Waals surface area contributed by atoms with Crippen molar-refractivity contribution in [3.63, 3.8) is 0 Å². The summed E-state index contributed by atoms with van der Waals surface area (Å²) < 4.78 is 0. The third-order valence-corrected chi connectivity index (χ3v) is 3.74. The largest absolute Gasteiger partial charge is 0.350 e. The normalized spacial score (nSPS) is 18.8. The van der Waals surface area contributed by atoms with Crippen LogP contribution in [-0.4, -0.2) is 13.0 Å². The third kappa shape index (κ3) is 1.61. The number of para-hydroxylation sites is 1. The molecule has 1 aromatic heterocycles. The molecule has 2 aromatic rings. The number of hydrogen-bond acceptors (Lipinski definition) is 3. The van der Waals surface area contributed by atoms with Crippen molar-refractivity contribution in [1.29, 1.82) is 0 Å². The van der Waals surface area contributed by atoms with Crippen LogP contribution in [0.2, 0.25) is 0 Å². The van der Waals surface area contributed by atoms with E-state index < -0.39 is 0 Å². The molecule has 0 spiro atoms. The van der Waals surface area contributed by atoms with E-state index >= 15 is 0 Å². The fraction of sp³-hybridized carbons (Fsp3) is 0.154. The molecular formula is C13H12N2OS. The maximum absolute atomic E-state index is 12.0. The van der Waals surface area contributed by atoms with Crippen molar-refractivity contribution in [2.24, 2.45) is 0 Å². The summed E-state index contributed by atoms with van der Waals surface area (Å²) in [6.07, 6.45) is -0.0661. The lowest BCUT2D eigenvalue weighted by atomic mass is 10.1. The average Bonchev–Trinajstić information content (AvgIpc) is 2.87. The predicted octanol–water partition coefficient (Wildman–Crippen LogP) is 2.63. The number of amides is 1. The highest BCUT2D eigenvalue weighted by Gasteiger charge is 2.28. The van der Waals surface area contributed by atoms with Gasteiger partial charge in [-0.15, -0.1) is 0 Å². The SMILES string of the molecule is CN1c2ccccc2C(=O)N[C@@H]1c1ccsc1. The van der Waals surface area contributed by atoms with Crippen molar-refractivity contribution in [3.05, 3.63) is 52.2 Å². The Bertz CT molecular complexity index is 550. The van der Waals surface area contributed by atoms with E-state index in [-0.39, 0.29) is 12.1 Å². The van der Waals surface area contributed by atoms with Gasteiger partial charge >= 0.3 is 0 Å². The molecule has 1 aliphatic heterocycles. The van der Waals surface area contributed by atoms with Crippen molar-refractivity contribution in [1.82, 2.24) is 5.32 Å². The lowest BCUT2D eigenvalue weighted by Crippen LogP contribution is -2.44. The molecule has 3 rings (SSSR count). The number of fused-ring (bicyclic) bond motifs is 1. The molecule has 0 bridgehead atoms. The van der Waals surface area contributed by atoms with Gasteiger partial charge in [0.15, 0.2) is 0 Å². The first-order valence-electron chi connectivity index (χ1n) is 5.42. The Labute approximate surface area is 104 Å². The predicted molar refractivity (Wildman–Crippen MR) is 69.4 cm³/mol. The Kier molecular flexibility index (Phi) is 2.37. The van der Waals surface area contributed by atoms with E-state index in [2.05, 4.69) is 15.6 Å². The van der Waals surface area contributed by atoms with E-state index in [9.17, 15) is 4.79 Å². The Hall–Kier alpha value is -1.81. The lowest BCUT2D eigenvalue weighted by molar-refractivity contribution is 0.0928. The van der Waals surface area contributed by atoms with Crippen LogP contribution in [0.25, 0.3) is 0 Å². The van der Waals surface area contributed by atoms with Gasteiger partial charge < -0.3 is 10.2 Å². The number of benzene rings is 1. The molecule has 0 saturated heterocycles. The fourth-order valence-electron chi connectivity index (χ4n) is 2.15. The maximum Gasteiger partial charge on any atom is 0.255 e. The molecule has 0 radical (unpaired) electrons. The van der Waals surface area contributed by atoms with Crippen molar-refractivity contribution in [2.75, 3.05) is 11.9 Å². The van der Waals surface area contributed by atoms with Gasteiger partial charge in [0.2, 0.25) is 0 Å². The number of carbonyl (C=O) groups excluding carboxylic acids is 1. The van der Waals surface area contributed by atoms with Crippen LogP contribution in [0.5, 0.6) is 0 Å². The zero-order chi connectivity index (χ0) is 11.8. The number of thiophene rings is 1. The zero-order valence-electron chi connectivity index (χ0n) is 9.38. The highest BCUT2D eigenvalue weighted by atomic mass is 32.1. The summed E-state index contributed by atoms with van der Waals surface area (Å²) in [5.41, 5.74) is 2.84. The molecule has 1 aromatic carbocycles. The molecule has 0 unspecified atom stereocenters. The second-order valence-electron chi connectivity index (χ2n) is 4.06. The van der Waals surface area contributed by atoms with Crippen LogP contribution in [0.4, 0.5) is 5.69 Å². The first kappa shape index (κ1) is 10.4. The first-order chi connectivity index (χ1) is 8.27. The summed E-state index contributed by atoms with van der Waals surface area (Å²) in [5, 5.41) is 7.11. The van der Waals surface area contributed by atoms with Gasteiger partial charge in [-0.25, -0.2) is 0 Å². The van der Waals surface area contributed by atoms with Crippen molar-refractivity contribution in [3.8, 4) is 0 Å². The van der Waals surface area contributed by atoms with Crippen LogP contribution in [0.3, 0.4) is 0 Å². The molecule has 86 valence electrons. The minimum absolute atomic E-state index is 0.00472. The van der Waals surface area contributed by atoms with Gasteiger partial charge in [-0.3, -0.25) is 4.79 Å². The quantitative estimate of drug-likeness (QED) is 0.836. The van der Waals surface area contributed by atoms with Gasteiger partial charge in [0.25, 0.3) is 5.91 Å². The maximum atomic E-state index is 12.0. The smallest absolute Gasteiger partial charge is 0.255 e. The van der Waals surface area contributed by atoms with Gasteiger partial charge in [-0.05, 0) is 29.0 Å². The summed E-state index contributed by atoms with van der Waals surface area (Å²) in [7, 11) is 2.00. The summed E-state index contributed by atoms with van der Waals surface area (Å²) in [5.74, 6) is -0.00472. The monoisotopic (exact) mass is 244 g/mol. The van der Waals surface area contributed by atoms with Crippen molar-refractivity contribution >= 4 is 22.9 Å². The van der Waals surface area contributed by atoms with Crippen LogP contribution in [0.1, 0.15) is 22.1 Å². The van der Waals surface area contributed by atoms with Crippen LogP contribution < -0.4 is 10.2 Å². The number of nitrogens with one attached hydrogen (secondary N) is 1. The molecular weight excluding hydrogens is 232 g/mol. The molecule has 4 heteroatoms. The number of nitrogens with zero attached hydrogens (tertiary/aromatic N) is 1. The van der Waals surface area contributed by atoms with E-state index in [4.69, 9.17) is 0 Å². The van der Waals surface area contributed by atoms with E-state index in [0.717, 1.165) is 16.8 Å². The topological polar surface area (TPSA) is 32.3 Å². The molecule has 17 heavy (non-hydrogen) atoms. The molecule has 0 saturated carbocycles. The van der Waals surface area contributed by atoms with Gasteiger partial charge in [0.05, 0.1) is 11.3 Å². The number of carbonyl (C=O) groups is 1. The van der Waals surface area contributed by atoms with Gasteiger partial charge in [0.1, 0.15) is 6.17 Å². The minimum atomic E-state index is -0.0661. The summed E-state index contributed by atoms with van der Waals surface area (Å²) >= 11 is 1.64. The van der Waals surface area contributed by atoms with Crippen LogP contribution >= 0.6 is 11.3 Å². The first-order valence-corrected chi connectivity index (χ1v) is 6.36. The fourth-order valence-corrected chi connectivity index (χ4v) is 2.83. The minimum Gasteiger partial charge on any atom is -0.350 e. The molecule has 1 aliphatic rings. The number of anilines is 1. The Morgan fingerprint density at radius 3 is 2.88 bits per heavy atom. The van der Waals surface area contributed by atoms with Crippen LogP contribution in [-0.2, 0) is 0 Å². The Morgan fingerprint density at radius 2 is 2.12 bits per heavy atom. The Balaban J connectivity index is 2.06. The molecule has 1 atom stereocenters. The molecule has 1 amide bonds. The molecule has 1 N–H and O–H groups in total. The van der Waals surface area contributed by atoms with Gasteiger partial charge in [-0.2, -0.15) is 11.3 Å². The second-order valence-corrected chi connectivity index (χ2v) is 4.84. The number of rotatable bonds is 1. The molecule has 3 nitrogen and oxygen atoms in total. The summed E-state index contributed by atoms with van der Waals surface area (Å²) in [6, 6.07) is 9.72. The van der Waals surface area contributed by atoms with E-state index in [1.54, 1.807) is 11.3 Å². The standard InChI is InChI=1S/C13H12N2OS/c1-15-11-5-3-2-4-10(11)13(16)14-12(15)9-6-7-17-8-9/h2-8,12H,1H3,(H,14,16)/t12-/m0/s1.